The van der Waals surface area contributed by atoms with Gasteiger partial charge in [-0.1, -0.05) is 18.5 Å². The number of morpholine rings is 1. The van der Waals surface area contributed by atoms with Gasteiger partial charge in [0.25, 0.3) is 0 Å². The number of hydrogen-bond donors (Lipinski definition) is 1. The van der Waals surface area contributed by atoms with Crippen molar-refractivity contribution in [1.82, 2.24) is 20.0 Å². The molecule has 1 aromatic rings. The molecule has 1 aromatic heterocycles. The molecule has 2 rings (SSSR count). The van der Waals surface area contributed by atoms with Crippen molar-refractivity contribution in [3.8, 4) is 0 Å². The van der Waals surface area contributed by atoms with Gasteiger partial charge in [0, 0.05) is 32.7 Å². The van der Waals surface area contributed by atoms with E-state index in [-0.39, 0.29) is 6.10 Å². The Bertz CT molecular complexity index is 429. The maximum atomic E-state index is 6.44. The number of hydrogen-bond acceptors (Lipinski definition) is 4. The lowest BCUT2D eigenvalue weighted by atomic mass is 10.2. The number of aromatic nitrogens is 2. The van der Waals surface area contributed by atoms with Crippen LogP contribution in [0.1, 0.15) is 25.2 Å². The van der Waals surface area contributed by atoms with Crippen LogP contribution in [0.2, 0.25) is 5.02 Å². The van der Waals surface area contributed by atoms with E-state index in [1.807, 2.05) is 4.68 Å². The summed E-state index contributed by atoms with van der Waals surface area (Å²) in [6, 6.07) is 0. The van der Waals surface area contributed by atoms with E-state index < -0.39 is 0 Å². The van der Waals surface area contributed by atoms with Crippen LogP contribution in [-0.4, -0.2) is 54.1 Å². The Kier molecular flexibility index (Phi) is 5.84. The minimum absolute atomic E-state index is 0.260. The number of ether oxygens (including phenoxy) is 1. The molecule has 6 heteroatoms. The van der Waals surface area contributed by atoms with Gasteiger partial charge < -0.3 is 10.1 Å². The second-order valence-corrected chi connectivity index (χ2v) is 5.65. The van der Waals surface area contributed by atoms with Crippen molar-refractivity contribution in [3.05, 3.63) is 16.4 Å². The second-order valence-electron chi connectivity index (χ2n) is 5.27. The highest BCUT2D eigenvalue weighted by molar-refractivity contribution is 6.31. The third-order valence-corrected chi connectivity index (χ3v) is 4.07. The van der Waals surface area contributed by atoms with Crippen LogP contribution in [0.5, 0.6) is 0 Å². The van der Waals surface area contributed by atoms with Crippen LogP contribution < -0.4 is 5.32 Å². The fourth-order valence-electron chi connectivity index (χ4n) is 2.57. The zero-order chi connectivity index (χ0) is 14.5. The fraction of sp³-hybridized carbons (Fsp3) is 0.786. The van der Waals surface area contributed by atoms with Crippen LogP contribution in [0.25, 0.3) is 0 Å². The Balaban J connectivity index is 1.99. The van der Waals surface area contributed by atoms with Crippen LogP contribution >= 0.6 is 11.6 Å². The maximum Gasteiger partial charge on any atom is 0.0863 e. The Labute approximate surface area is 126 Å². The quantitative estimate of drug-likeness (QED) is 0.865. The first-order valence-electron chi connectivity index (χ1n) is 7.40. The second kappa shape index (κ2) is 7.41. The molecule has 0 bridgehead atoms. The van der Waals surface area contributed by atoms with E-state index in [1.54, 1.807) is 0 Å². The van der Waals surface area contributed by atoms with Gasteiger partial charge in [-0.2, -0.15) is 5.10 Å². The molecule has 0 amide bonds. The largest absolute Gasteiger partial charge is 0.374 e. The lowest BCUT2D eigenvalue weighted by Gasteiger charge is -2.28. The molecule has 1 aliphatic rings. The molecule has 0 radical (unpaired) electrons. The molecule has 1 fully saturated rings. The van der Waals surface area contributed by atoms with Gasteiger partial charge in [0.05, 0.1) is 29.1 Å². The van der Waals surface area contributed by atoms with Gasteiger partial charge in [0.2, 0.25) is 0 Å². The molecule has 1 atom stereocenters. The highest BCUT2D eigenvalue weighted by Crippen LogP contribution is 2.22. The lowest BCUT2D eigenvalue weighted by molar-refractivity contribution is 0.00849. The van der Waals surface area contributed by atoms with Crippen molar-refractivity contribution in [3.63, 3.8) is 0 Å². The molecule has 20 heavy (non-hydrogen) atoms. The summed E-state index contributed by atoms with van der Waals surface area (Å²) in [5.41, 5.74) is 2.10. The Morgan fingerprint density at radius 2 is 2.30 bits per heavy atom. The van der Waals surface area contributed by atoms with Crippen molar-refractivity contribution in [2.45, 2.75) is 39.5 Å². The van der Waals surface area contributed by atoms with Crippen LogP contribution in [0.4, 0.5) is 0 Å². The summed E-state index contributed by atoms with van der Waals surface area (Å²) in [6.45, 7) is 9.42. The molecule has 0 aliphatic carbocycles. The summed E-state index contributed by atoms with van der Waals surface area (Å²) < 4.78 is 7.75. The molecule has 0 aromatic carbocycles. The van der Waals surface area contributed by atoms with Crippen molar-refractivity contribution in [1.29, 1.82) is 0 Å². The van der Waals surface area contributed by atoms with Gasteiger partial charge in [0.1, 0.15) is 0 Å². The number of halogens is 1. The van der Waals surface area contributed by atoms with Crippen molar-refractivity contribution in [2.24, 2.45) is 0 Å². The minimum Gasteiger partial charge on any atom is -0.374 e. The first-order valence-corrected chi connectivity index (χ1v) is 7.78. The van der Waals surface area contributed by atoms with Crippen LogP contribution in [0, 0.1) is 0 Å². The smallest absolute Gasteiger partial charge is 0.0863 e. The summed E-state index contributed by atoms with van der Waals surface area (Å²) in [5.74, 6) is 0. The molecular formula is C14H25ClN4O. The van der Waals surface area contributed by atoms with Gasteiger partial charge in [-0.25, -0.2) is 0 Å². The summed E-state index contributed by atoms with van der Waals surface area (Å²) in [5, 5.41) is 8.74. The Hall–Kier alpha value is -0.620. The summed E-state index contributed by atoms with van der Waals surface area (Å²) in [4.78, 5) is 2.26. The monoisotopic (exact) mass is 300 g/mol. The van der Waals surface area contributed by atoms with Crippen molar-refractivity contribution >= 4 is 11.6 Å². The molecule has 1 saturated heterocycles. The minimum atomic E-state index is 0.260. The Morgan fingerprint density at radius 1 is 1.50 bits per heavy atom. The van der Waals surface area contributed by atoms with E-state index in [2.05, 4.69) is 36.2 Å². The normalized spacial score (nSPS) is 19.8. The maximum absolute atomic E-state index is 6.44. The van der Waals surface area contributed by atoms with E-state index in [1.165, 1.54) is 0 Å². The molecule has 1 N–H and O–H groups in total. The van der Waals surface area contributed by atoms with E-state index in [0.29, 0.717) is 0 Å². The molecule has 1 aliphatic heterocycles. The fourth-order valence-corrected chi connectivity index (χ4v) is 2.90. The van der Waals surface area contributed by atoms with Crippen LogP contribution in [0.3, 0.4) is 0 Å². The number of nitrogens with zero attached hydrogens (tertiary/aromatic N) is 3. The summed E-state index contributed by atoms with van der Waals surface area (Å²) >= 11 is 6.44. The number of likely N-dealkylation sites (N-methyl/N-ethyl adjacent to an activating group) is 1. The van der Waals surface area contributed by atoms with Gasteiger partial charge in [-0.3, -0.25) is 9.58 Å². The van der Waals surface area contributed by atoms with E-state index >= 15 is 0 Å². The molecule has 5 nitrogen and oxygen atoms in total. The third-order valence-electron chi connectivity index (χ3n) is 3.63. The average Bonchev–Trinajstić information content (AvgIpc) is 2.76. The summed E-state index contributed by atoms with van der Waals surface area (Å²) in [6.07, 6.45) is 1.13. The molecule has 0 spiro atoms. The number of rotatable bonds is 6. The van der Waals surface area contributed by atoms with Crippen LogP contribution in [0.15, 0.2) is 0 Å². The zero-order valence-corrected chi connectivity index (χ0v) is 13.4. The number of aryl methyl sites for hydroxylation is 2. The average molecular weight is 301 g/mol. The molecule has 1 unspecified atom stereocenters. The van der Waals surface area contributed by atoms with Crippen molar-refractivity contribution < 1.29 is 4.74 Å². The Morgan fingerprint density at radius 3 is 2.90 bits per heavy atom. The lowest BCUT2D eigenvalue weighted by Crippen LogP contribution is -2.44. The van der Waals surface area contributed by atoms with Gasteiger partial charge >= 0.3 is 0 Å². The molecule has 0 saturated carbocycles. The van der Waals surface area contributed by atoms with Crippen molar-refractivity contribution in [2.75, 3.05) is 33.3 Å². The molecule has 114 valence electrons. The zero-order valence-electron chi connectivity index (χ0n) is 12.7. The predicted octanol–water partition coefficient (Wildman–Crippen LogP) is 1.54. The third kappa shape index (κ3) is 3.73. The van der Waals surface area contributed by atoms with Gasteiger partial charge in [-0.15, -0.1) is 0 Å². The molecule has 2 heterocycles. The van der Waals surface area contributed by atoms with E-state index in [4.69, 9.17) is 16.3 Å². The predicted molar refractivity (Wildman–Crippen MR) is 81.2 cm³/mol. The number of nitrogens with one attached hydrogen (secondary N) is 1. The van der Waals surface area contributed by atoms with E-state index in [0.717, 1.165) is 62.2 Å². The highest BCUT2D eigenvalue weighted by atomic mass is 35.5. The summed E-state index contributed by atoms with van der Waals surface area (Å²) in [7, 11) is 2.10. The van der Waals surface area contributed by atoms with Gasteiger partial charge in [0.15, 0.2) is 0 Å². The highest BCUT2D eigenvalue weighted by Gasteiger charge is 2.19. The van der Waals surface area contributed by atoms with Gasteiger partial charge in [-0.05, 0) is 20.4 Å². The van der Waals surface area contributed by atoms with Crippen LogP contribution in [-0.2, 0) is 24.2 Å². The SMILES string of the molecule is CCc1nn(CC)c(CN(C)CC2CNCCO2)c1Cl. The topological polar surface area (TPSA) is 42.3 Å². The standard InChI is InChI=1S/C14H25ClN4O/c1-4-12-14(15)13(19(5-2)17-12)10-18(3)9-11-8-16-6-7-20-11/h11,16H,4-10H2,1-3H3. The first-order chi connectivity index (χ1) is 9.65. The first kappa shape index (κ1) is 15.8. The van der Waals surface area contributed by atoms with E-state index in [9.17, 15) is 0 Å². The molecular weight excluding hydrogens is 276 g/mol.